The summed E-state index contributed by atoms with van der Waals surface area (Å²) in [5.74, 6) is 2.00. The lowest BCUT2D eigenvalue weighted by Gasteiger charge is -2.33. The van der Waals surface area contributed by atoms with E-state index in [0.29, 0.717) is 36.0 Å². The second kappa shape index (κ2) is 6.78. The number of methoxy groups -OCH3 is 2. The van der Waals surface area contributed by atoms with Crippen LogP contribution in [0.4, 0.5) is 0 Å². The first-order valence-electron chi connectivity index (χ1n) is 7.62. The smallest absolute Gasteiger partial charge is 0.254 e. The lowest BCUT2D eigenvalue weighted by molar-refractivity contribution is 0.0632. The second-order valence-corrected chi connectivity index (χ2v) is 5.99. The topological polar surface area (TPSA) is 69.5 Å². The Balaban J connectivity index is 1.85. The van der Waals surface area contributed by atoms with Gasteiger partial charge in [-0.05, 0) is 25.1 Å². The molecule has 24 heavy (non-hydrogen) atoms. The summed E-state index contributed by atoms with van der Waals surface area (Å²) in [6.45, 7) is 3.56. The minimum Gasteiger partial charge on any atom is -0.495 e. The van der Waals surface area contributed by atoms with Crippen LogP contribution in [0.15, 0.2) is 18.2 Å². The van der Waals surface area contributed by atoms with Gasteiger partial charge in [0.1, 0.15) is 12.4 Å². The molecule has 2 aromatic rings. The zero-order valence-electron chi connectivity index (χ0n) is 13.8. The fourth-order valence-corrected chi connectivity index (χ4v) is 3.18. The number of carbonyl (C=O) groups excluding carboxylic acids is 1. The summed E-state index contributed by atoms with van der Waals surface area (Å²) in [4.78, 5) is 14.6. The third kappa shape index (κ3) is 2.85. The van der Waals surface area contributed by atoms with Gasteiger partial charge in [0.05, 0.1) is 18.2 Å². The van der Waals surface area contributed by atoms with E-state index in [0.717, 1.165) is 11.6 Å². The number of nitrogens with zero attached hydrogens (tertiary/aromatic N) is 4. The van der Waals surface area contributed by atoms with Gasteiger partial charge in [-0.1, -0.05) is 11.6 Å². The number of halogens is 1. The summed E-state index contributed by atoms with van der Waals surface area (Å²) in [6.07, 6.45) is 0. The van der Waals surface area contributed by atoms with E-state index in [2.05, 4.69) is 10.2 Å². The lowest BCUT2D eigenvalue weighted by atomic mass is 10.1. The molecule has 0 radical (unpaired) electrons. The Kier molecular flexibility index (Phi) is 4.73. The molecule has 0 aliphatic carbocycles. The molecule has 3 rings (SSSR count). The van der Waals surface area contributed by atoms with E-state index in [-0.39, 0.29) is 11.9 Å². The maximum atomic E-state index is 12.8. The lowest BCUT2D eigenvalue weighted by Crippen LogP contribution is -2.41. The fraction of sp³-hybridized carbons (Fsp3) is 0.438. The van der Waals surface area contributed by atoms with Crippen LogP contribution in [0, 0.1) is 0 Å². The summed E-state index contributed by atoms with van der Waals surface area (Å²) in [5.41, 5.74) is 0.526. The van der Waals surface area contributed by atoms with Crippen LogP contribution in [-0.2, 0) is 17.9 Å². The third-order valence-electron chi connectivity index (χ3n) is 4.19. The molecule has 2 heterocycles. The zero-order valence-corrected chi connectivity index (χ0v) is 14.6. The van der Waals surface area contributed by atoms with Crippen molar-refractivity contribution in [3.8, 4) is 5.75 Å². The number of fused-ring (bicyclic) bond motifs is 1. The molecule has 0 fully saturated rings. The Morgan fingerprint density at radius 2 is 2.12 bits per heavy atom. The fourth-order valence-electron chi connectivity index (χ4n) is 2.92. The molecule has 1 aliphatic rings. The highest BCUT2D eigenvalue weighted by Gasteiger charge is 2.31. The number of amides is 1. The van der Waals surface area contributed by atoms with Crippen molar-refractivity contribution in [3.63, 3.8) is 0 Å². The van der Waals surface area contributed by atoms with Gasteiger partial charge in [-0.25, -0.2) is 0 Å². The molecule has 128 valence electrons. The first-order valence-corrected chi connectivity index (χ1v) is 8.00. The molecule has 1 amide bonds. The van der Waals surface area contributed by atoms with Crippen molar-refractivity contribution in [3.05, 3.63) is 40.4 Å². The predicted octanol–water partition coefficient (Wildman–Crippen LogP) is 2.30. The zero-order chi connectivity index (χ0) is 17.3. The first kappa shape index (κ1) is 16.7. The van der Waals surface area contributed by atoms with Crippen molar-refractivity contribution < 1.29 is 14.3 Å². The summed E-state index contributed by atoms with van der Waals surface area (Å²) >= 11 is 6.13. The van der Waals surface area contributed by atoms with Gasteiger partial charge in [0.25, 0.3) is 5.91 Å². The molecule has 1 atom stereocenters. The van der Waals surface area contributed by atoms with Crippen molar-refractivity contribution in [2.75, 3.05) is 20.8 Å². The monoisotopic (exact) mass is 350 g/mol. The molecule has 0 bridgehead atoms. The average Bonchev–Trinajstić information content (AvgIpc) is 2.99. The van der Waals surface area contributed by atoms with Crippen LogP contribution in [0.1, 0.15) is 35.0 Å². The van der Waals surface area contributed by atoms with Gasteiger partial charge in [-0.3, -0.25) is 4.79 Å². The normalized spacial score (nSPS) is 16.8. The van der Waals surface area contributed by atoms with Gasteiger partial charge in [0.15, 0.2) is 11.6 Å². The Labute approximate surface area is 145 Å². The molecule has 1 aromatic carbocycles. The van der Waals surface area contributed by atoms with Crippen LogP contribution >= 0.6 is 11.6 Å². The number of rotatable bonds is 4. The van der Waals surface area contributed by atoms with Crippen LogP contribution in [0.2, 0.25) is 5.02 Å². The molecule has 1 aromatic heterocycles. The van der Waals surface area contributed by atoms with E-state index in [9.17, 15) is 4.79 Å². The average molecular weight is 351 g/mol. The summed E-state index contributed by atoms with van der Waals surface area (Å²) in [5, 5.41) is 8.79. The standard InChI is InChI=1S/C16H19ClN4O3/c1-10-15-19-18-14(9-23-2)21(15)7-6-20(10)16(22)11-4-5-13(24-3)12(17)8-11/h4-5,8,10H,6-7,9H2,1-3H3. The number of ether oxygens (including phenoxy) is 2. The molecule has 1 unspecified atom stereocenters. The minimum absolute atomic E-state index is 0.0883. The largest absolute Gasteiger partial charge is 0.495 e. The van der Waals surface area contributed by atoms with Crippen molar-refractivity contribution in [1.82, 2.24) is 19.7 Å². The maximum Gasteiger partial charge on any atom is 0.254 e. The summed E-state index contributed by atoms with van der Waals surface area (Å²) < 4.78 is 12.3. The molecular formula is C16H19ClN4O3. The van der Waals surface area contributed by atoms with Crippen LogP contribution in [0.25, 0.3) is 0 Å². The third-order valence-corrected chi connectivity index (χ3v) is 4.49. The molecule has 0 saturated carbocycles. The molecule has 0 N–H and O–H groups in total. The van der Waals surface area contributed by atoms with E-state index in [1.165, 1.54) is 0 Å². The van der Waals surface area contributed by atoms with Gasteiger partial charge in [0, 0.05) is 25.8 Å². The highest BCUT2D eigenvalue weighted by Crippen LogP contribution is 2.29. The van der Waals surface area contributed by atoms with E-state index in [1.807, 2.05) is 11.5 Å². The van der Waals surface area contributed by atoms with Crippen LogP contribution in [-0.4, -0.2) is 46.3 Å². The number of carbonyl (C=O) groups is 1. The van der Waals surface area contributed by atoms with Gasteiger partial charge < -0.3 is 18.9 Å². The second-order valence-electron chi connectivity index (χ2n) is 5.58. The van der Waals surface area contributed by atoms with E-state index >= 15 is 0 Å². The predicted molar refractivity (Wildman–Crippen MR) is 88.2 cm³/mol. The van der Waals surface area contributed by atoms with Crippen LogP contribution < -0.4 is 4.74 Å². The molecule has 0 spiro atoms. The molecular weight excluding hydrogens is 332 g/mol. The van der Waals surface area contributed by atoms with Crippen molar-refractivity contribution in [2.24, 2.45) is 0 Å². The molecule has 0 saturated heterocycles. The maximum absolute atomic E-state index is 12.8. The highest BCUT2D eigenvalue weighted by atomic mass is 35.5. The number of benzene rings is 1. The van der Waals surface area contributed by atoms with Gasteiger partial charge in [0.2, 0.25) is 0 Å². The van der Waals surface area contributed by atoms with E-state index in [4.69, 9.17) is 21.1 Å². The van der Waals surface area contributed by atoms with E-state index in [1.54, 1.807) is 37.3 Å². The first-order chi connectivity index (χ1) is 11.6. The molecule has 1 aliphatic heterocycles. The van der Waals surface area contributed by atoms with Crippen molar-refractivity contribution in [1.29, 1.82) is 0 Å². The summed E-state index contributed by atoms with van der Waals surface area (Å²) in [7, 11) is 3.16. The number of hydrogen-bond acceptors (Lipinski definition) is 5. The summed E-state index contributed by atoms with van der Waals surface area (Å²) in [6, 6.07) is 4.87. The number of aromatic nitrogens is 3. The van der Waals surface area contributed by atoms with Crippen LogP contribution in [0.3, 0.4) is 0 Å². The quantitative estimate of drug-likeness (QED) is 0.846. The van der Waals surface area contributed by atoms with Gasteiger partial charge >= 0.3 is 0 Å². The number of hydrogen-bond donors (Lipinski definition) is 0. The van der Waals surface area contributed by atoms with Gasteiger partial charge in [-0.15, -0.1) is 10.2 Å². The van der Waals surface area contributed by atoms with Crippen molar-refractivity contribution in [2.45, 2.75) is 26.1 Å². The van der Waals surface area contributed by atoms with Crippen molar-refractivity contribution >= 4 is 17.5 Å². The highest BCUT2D eigenvalue weighted by molar-refractivity contribution is 6.32. The SMILES string of the molecule is COCc1nnc2n1CCN(C(=O)c1ccc(OC)c(Cl)c1)C2C. The Bertz CT molecular complexity index is 762. The minimum atomic E-state index is -0.176. The Morgan fingerprint density at radius 3 is 2.79 bits per heavy atom. The molecule has 7 nitrogen and oxygen atoms in total. The van der Waals surface area contributed by atoms with E-state index < -0.39 is 0 Å². The Hall–Kier alpha value is -2.12. The van der Waals surface area contributed by atoms with Gasteiger partial charge in [-0.2, -0.15) is 0 Å². The Morgan fingerprint density at radius 1 is 1.33 bits per heavy atom. The van der Waals surface area contributed by atoms with Crippen LogP contribution in [0.5, 0.6) is 5.75 Å². The molecule has 8 heteroatoms.